The molecular formula is C14H17ClN2O3S. The van der Waals surface area contributed by atoms with Crippen molar-refractivity contribution in [2.75, 3.05) is 13.1 Å². The van der Waals surface area contributed by atoms with Crippen molar-refractivity contribution >= 4 is 27.5 Å². The Hall–Kier alpha value is -1.11. The molecule has 0 aromatic heterocycles. The summed E-state index contributed by atoms with van der Waals surface area (Å²) in [6.45, 7) is 2.77. The fourth-order valence-electron chi connectivity index (χ4n) is 3.09. The Morgan fingerprint density at radius 2 is 1.90 bits per heavy atom. The smallest absolute Gasteiger partial charge is 0.243 e. The van der Waals surface area contributed by atoms with E-state index in [1.54, 1.807) is 19.1 Å². The van der Waals surface area contributed by atoms with E-state index in [0.29, 0.717) is 11.6 Å². The molecule has 2 atom stereocenters. The summed E-state index contributed by atoms with van der Waals surface area (Å²) in [4.78, 5) is 14.3. The number of piperazine rings is 1. The number of fused-ring (bicyclic) bond motifs is 1. The summed E-state index contributed by atoms with van der Waals surface area (Å²) < 4.78 is 26.8. The Balaban J connectivity index is 1.94. The first-order valence-electron chi connectivity index (χ1n) is 6.99. The SMILES string of the molecule is CC1C(=O)N2CCCC2CN1S(=O)(=O)c1ccc(Cl)cc1. The van der Waals surface area contributed by atoms with Gasteiger partial charge in [0.05, 0.1) is 4.90 Å². The van der Waals surface area contributed by atoms with Gasteiger partial charge < -0.3 is 4.90 Å². The maximum Gasteiger partial charge on any atom is 0.243 e. The molecule has 0 bridgehead atoms. The van der Waals surface area contributed by atoms with Crippen LogP contribution in [-0.4, -0.2) is 48.7 Å². The molecule has 114 valence electrons. The van der Waals surface area contributed by atoms with Crippen LogP contribution in [0.1, 0.15) is 19.8 Å². The molecule has 0 spiro atoms. The van der Waals surface area contributed by atoms with Gasteiger partial charge in [-0.2, -0.15) is 4.31 Å². The first kappa shape index (κ1) is 14.8. The average molecular weight is 329 g/mol. The molecule has 0 saturated carbocycles. The molecule has 2 saturated heterocycles. The fraction of sp³-hybridized carbons (Fsp3) is 0.500. The zero-order valence-corrected chi connectivity index (χ0v) is 13.3. The predicted octanol–water partition coefficient (Wildman–Crippen LogP) is 1.72. The molecule has 2 heterocycles. The van der Waals surface area contributed by atoms with Gasteiger partial charge in [-0.15, -0.1) is 0 Å². The minimum absolute atomic E-state index is 0.00998. The second-order valence-corrected chi connectivity index (χ2v) is 7.86. The van der Waals surface area contributed by atoms with Gasteiger partial charge >= 0.3 is 0 Å². The zero-order chi connectivity index (χ0) is 15.2. The van der Waals surface area contributed by atoms with E-state index in [4.69, 9.17) is 11.6 Å². The van der Waals surface area contributed by atoms with E-state index in [1.165, 1.54) is 16.4 Å². The minimum atomic E-state index is -3.67. The van der Waals surface area contributed by atoms with Gasteiger partial charge in [-0.3, -0.25) is 4.79 Å². The first-order valence-corrected chi connectivity index (χ1v) is 8.81. The van der Waals surface area contributed by atoms with Crippen LogP contribution in [0.15, 0.2) is 29.2 Å². The van der Waals surface area contributed by atoms with Gasteiger partial charge in [0.2, 0.25) is 15.9 Å². The van der Waals surface area contributed by atoms with Gasteiger partial charge in [-0.1, -0.05) is 11.6 Å². The third-order valence-electron chi connectivity index (χ3n) is 4.26. The lowest BCUT2D eigenvalue weighted by Gasteiger charge is -2.40. The van der Waals surface area contributed by atoms with Crippen LogP contribution in [0.5, 0.6) is 0 Å². The van der Waals surface area contributed by atoms with Crippen LogP contribution in [0.25, 0.3) is 0 Å². The van der Waals surface area contributed by atoms with Crippen molar-refractivity contribution in [1.29, 1.82) is 0 Å². The van der Waals surface area contributed by atoms with Gasteiger partial charge in [0.15, 0.2) is 0 Å². The number of sulfonamides is 1. The van der Waals surface area contributed by atoms with Crippen molar-refractivity contribution < 1.29 is 13.2 Å². The van der Waals surface area contributed by atoms with E-state index in [2.05, 4.69) is 0 Å². The third-order valence-corrected chi connectivity index (χ3v) is 6.46. The van der Waals surface area contributed by atoms with E-state index in [-0.39, 0.29) is 16.8 Å². The quantitative estimate of drug-likeness (QED) is 0.830. The second kappa shape index (κ2) is 5.26. The van der Waals surface area contributed by atoms with Crippen molar-refractivity contribution in [3.05, 3.63) is 29.3 Å². The van der Waals surface area contributed by atoms with E-state index < -0.39 is 16.1 Å². The van der Waals surface area contributed by atoms with Gasteiger partial charge in [0.1, 0.15) is 6.04 Å². The van der Waals surface area contributed by atoms with Gasteiger partial charge in [-0.05, 0) is 44.0 Å². The highest BCUT2D eigenvalue weighted by Crippen LogP contribution is 2.30. The topological polar surface area (TPSA) is 57.7 Å². The average Bonchev–Trinajstić information content (AvgIpc) is 2.91. The van der Waals surface area contributed by atoms with E-state index >= 15 is 0 Å². The number of hydrogen-bond donors (Lipinski definition) is 0. The molecule has 2 aliphatic heterocycles. The predicted molar refractivity (Wildman–Crippen MR) is 79.5 cm³/mol. The number of nitrogens with zero attached hydrogens (tertiary/aromatic N) is 2. The molecule has 21 heavy (non-hydrogen) atoms. The first-order chi connectivity index (χ1) is 9.91. The molecule has 2 aliphatic rings. The number of carbonyl (C=O) groups excluding carboxylic acids is 1. The van der Waals surface area contributed by atoms with E-state index in [9.17, 15) is 13.2 Å². The fourth-order valence-corrected chi connectivity index (χ4v) is 4.84. The number of carbonyl (C=O) groups is 1. The summed E-state index contributed by atoms with van der Waals surface area (Å²) in [5.41, 5.74) is 0. The summed E-state index contributed by atoms with van der Waals surface area (Å²) in [7, 11) is -3.67. The largest absolute Gasteiger partial charge is 0.337 e. The standard InChI is InChI=1S/C14H17ClN2O3S/c1-10-14(18)16-8-2-3-12(16)9-17(10)21(19,20)13-6-4-11(15)5-7-13/h4-7,10,12H,2-3,8-9H2,1H3. The Bertz CT molecular complexity index is 659. The molecule has 1 aromatic rings. The van der Waals surface area contributed by atoms with E-state index in [1.807, 2.05) is 4.90 Å². The van der Waals surface area contributed by atoms with Crippen molar-refractivity contribution in [1.82, 2.24) is 9.21 Å². The molecule has 1 amide bonds. The van der Waals surface area contributed by atoms with Gasteiger partial charge in [0.25, 0.3) is 0 Å². The Kier molecular flexibility index (Phi) is 3.71. The molecule has 0 aliphatic carbocycles. The second-order valence-electron chi connectivity index (χ2n) is 5.53. The summed E-state index contributed by atoms with van der Waals surface area (Å²) in [5, 5.41) is 0.485. The lowest BCUT2D eigenvalue weighted by Crippen LogP contribution is -2.59. The van der Waals surface area contributed by atoms with Crippen molar-refractivity contribution in [3.8, 4) is 0 Å². The summed E-state index contributed by atoms with van der Waals surface area (Å²) in [6.07, 6.45) is 1.81. The highest BCUT2D eigenvalue weighted by Gasteiger charge is 2.45. The van der Waals surface area contributed by atoms with Gasteiger partial charge in [-0.25, -0.2) is 8.42 Å². The number of halogens is 1. The third kappa shape index (κ3) is 2.45. The number of benzene rings is 1. The summed E-state index contributed by atoms with van der Waals surface area (Å²) >= 11 is 5.80. The maximum absolute atomic E-state index is 12.8. The van der Waals surface area contributed by atoms with Crippen LogP contribution in [0, 0.1) is 0 Å². The zero-order valence-electron chi connectivity index (χ0n) is 11.7. The maximum atomic E-state index is 12.8. The van der Waals surface area contributed by atoms with Crippen LogP contribution < -0.4 is 0 Å². The molecule has 7 heteroatoms. The van der Waals surface area contributed by atoms with E-state index in [0.717, 1.165) is 19.4 Å². The molecule has 1 aromatic carbocycles. The highest BCUT2D eigenvalue weighted by molar-refractivity contribution is 7.89. The molecular weight excluding hydrogens is 312 g/mol. The van der Waals surface area contributed by atoms with Crippen LogP contribution in [0.2, 0.25) is 5.02 Å². The molecule has 2 unspecified atom stereocenters. The van der Waals surface area contributed by atoms with Gasteiger partial charge in [0, 0.05) is 24.2 Å². The molecule has 2 fully saturated rings. The Morgan fingerprint density at radius 1 is 1.24 bits per heavy atom. The monoisotopic (exact) mass is 328 g/mol. The molecule has 5 nitrogen and oxygen atoms in total. The number of amides is 1. The molecule has 3 rings (SSSR count). The lowest BCUT2D eigenvalue weighted by molar-refractivity contribution is -0.139. The Morgan fingerprint density at radius 3 is 2.57 bits per heavy atom. The van der Waals surface area contributed by atoms with Crippen molar-refractivity contribution in [2.24, 2.45) is 0 Å². The van der Waals surface area contributed by atoms with Crippen molar-refractivity contribution in [3.63, 3.8) is 0 Å². The Labute approximate surface area is 129 Å². The molecule has 0 N–H and O–H groups in total. The summed E-state index contributed by atoms with van der Waals surface area (Å²) in [6, 6.07) is 5.42. The lowest BCUT2D eigenvalue weighted by atomic mass is 10.1. The van der Waals surface area contributed by atoms with Crippen LogP contribution in [-0.2, 0) is 14.8 Å². The van der Waals surface area contributed by atoms with Crippen LogP contribution in [0.3, 0.4) is 0 Å². The van der Waals surface area contributed by atoms with Crippen LogP contribution in [0.4, 0.5) is 0 Å². The van der Waals surface area contributed by atoms with Crippen molar-refractivity contribution in [2.45, 2.75) is 36.7 Å². The summed E-state index contributed by atoms with van der Waals surface area (Å²) in [5.74, 6) is -0.0960. The normalized spacial score (nSPS) is 27.0. The number of hydrogen-bond acceptors (Lipinski definition) is 3. The highest BCUT2D eigenvalue weighted by atomic mass is 35.5. The van der Waals surface area contributed by atoms with Crippen LogP contribution >= 0.6 is 11.6 Å². The minimum Gasteiger partial charge on any atom is -0.337 e. The molecule has 0 radical (unpaired) electrons. The number of rotatable bonds is 2.